The Hall–Kier alpha value is -1.95. The maximum Gasteiger partial charge on any atom is 0.338 e. The second kappa shape index (κ2) is 8.94. The molecule has 0 saturated carbocycles. The van der Waals surface area contributed by atoms with Crippen LogP contribution in [-0.4, -0.2) is 64.6 Å². The van der Waals surface area contributed by atoms with E-state index in [1.54, 1.807) is 12.1 Å². The highest BCUT2D eigenvalue weighted by Crippen LogP contribution is 2.38. The van der Waals surface area contributed by atoms with Gasteiger partial charge in [-0.05, 0) is 38.3 Å². The van der Waals surface area contributed by atoms with Crippen LogP contribution in [0, 0.1) is 0 Å². The highest BCUT2D eigenvalue weighted by Gasteiger charge is 2.28. The van der Waals surface area contributed by atoms with Gasteiger partial charge in [-0.2, -0.15) is 0 Å². The highest BCUT2D eigenvalue weighted by molar-refractivity contribution is 5.91. The number of carbonyl (C=O) groups is 1. The number of hydrogen-bond donors (Lipinski definition) is 0. The molecule has 1 fully saturated rings. The molecule has 0 atom stereocenters. The predicted octanol–water partition coefficient (Wildman–Crippen LogP) is 2.89. The fourth-order valence-corrected chi connectivity index (χ4v) is 3.50. The van der Waals surface area contributed by atoms with E-state index in [9.17, 15) is 4.79 Å². The first kappa shape index (κ1) is 19.4. The smallest absolute Gasteiger partial charge is 0.338 e. The van der Waals surface area contributed by atoms with Crippen molar-refractivity contribution >= 4 is 5.97 Å². The fraction of sp³-hybridized carbons (Fsp3) is 0.632. The molecule has 0 amide bonds. The first-order valence-corrected chi connectivity index (χ1v) is 8.91. The van der Waals surface area contributed by atoms with E-state index in [2.05, 4.69) is 6.92 Å². The molecule has 1 aromatic rings. The predicted molar refractivity (Wildman–Crippen MR) is 95.6 cm³/mol. The van der Waals surface area contributed by atoms with Gasteiger partial charge in [0.1, 0.15) is 13.2 Å². The molecule has 25 heavy (non-hydrogen) atoms. The SMILES string of the molecule is CC[N+]1(CCOC(=O)c2cc(OC)c(OC)c(OC)c2)CCCCC1. The summed E-state index contributed by atoms with van der Waals surface area (Å²) < 4.78 is 22.4. The van der Waals surface area contributed by atoms with E-state index in [-0.39, 0.29) is 5.97 Å². The average Bonchev–Trinajstić information content (AvgIpc) is 2.67. The van der Waals surface area contributed by atoms with E-state index >= 15 is 0 Å². The Morgan fingerprint density at radius 1 is 1.00 bits per heavy atom. The largest absolute Gasteiger partial charge is 0.493 e. The second-order valence-corrected chi connectivity index (χ2v) is 6.44. The number of hydrogen-bond acceptors (Lipinski definition) is 5. The zero-order chi connectivity index (χ0) is 18.3. The molecule has 1 aromatic carbocycles. The molecule has 1 aliphatic rings. The van der Waals surface area contributed by atoms with Crippen LogP contribution < -0.4 is 14.2 Å². The molecule has 0 N–H and O–H groups in total. The Kier molecular flexibility index (Phi) is 6.93. The number of rotatable bonds is 8. The summed E-state index contributed by atoms with van der Waals surface area (Å²) in [6.45, 7) is 6.94. The van der Waals surface area contributed by atoms with E-state index in [4.69, 9.17) is 18.9 Å². The summed E-state index contributed by atoms with van der Waals surface area (Å²) in [7, 11) is 4.58. The lowest BCUT2D eigenvalue weighted by molar-refractivity contribution is -0.930. The van der Waals surface area contributed by atoms with Crippen LogP contribution in [0.4, 0.5) is 0 Å². The molecule has 6 heteroatoms. The lowest BCUT2D eigenvalue weighted by Gasteiger charge is -2.40. The van der Waals surface area contributed by atoms with Crippen molar-refractivity contribution in [1.29, 1.82) is 0 Å². The van der Waals surface area contributed by atoms with Gasteiger partial charge in [0.2, 0.25) is 5.75 Å². The third-order valence-electron chi connectivity index (χ3n) is 5.13. The van der Waals surface area contributed by atoms with Gasteiger partial charge >= 0.3 is 5.97 Å². The van der Waals surface area contributed by atoms with Crippen molar-refractivity contribution in [3.63, 3.8) is 0 Å². The Morgan fingerprint density at radius 3 is 2.08 bits per heavy atom. The van der Waals surface area contributed by atoms with Crippen LogP contribution in [0.15, 0.2) is 12.1 Å². The number of carbonyl (C=O) groups excluding carboxylic acids is 1. The fourth-order valence-electron chi connectivity index (χ4n) is 3.50. The van der Waals surface area contributed by atoms with Crippen LogP contribution in [0.5, 0.6) is 17.2 Å². The van der Waals surface area contributed by atoms with E-state index in [0.717, 1.165) is 17.6 Å². The van der Waals surface area contributed by atoms with Crippen molar-refractivity contribution in [2.75, 3.05) is 54.1 Å². The Labute approximate surface area is 150 Å². The van der Waals surface area contributed by atoms with Crippen molar-refractivity contribution in [1.82, 2.24) is 0 Å². The molecule has 6 nitrogen and oxygen atoms in total. The van der Waals surface area contributed by atoms with Gasteiger partial charge in [0, 0.05) is 0 Å². The molecule has 0 aliphatic carbocycles. The lowest BCUT2D eigenvalue weighted by Crippen LogP contribution is -2.53. The zero-order valence-corrected chi connectivity index (χ0v) is 15.8. The average molecular weight is 352 g/mol. The van der Waals surface area contributed by atoms with Gasteiger partial charge in [0.25, 0.3) is 0 Å². The van der Waals surface area contributed by atoms with Crippen molar-refractivity contribution < 1.29 is 28.2 Å². The molecule has 0 spiro atoms. The molecule has 0 bridgehead atoms. The summed E-state index contributed by atoms with van der Waals surface area (Å²) in [5.41, 5.74) is 0.399. The normalized spacial score (nSPS) is 16.2. The maximum absolute atomic E-state index is 12.4. The summed E-state index contributed by atoms with van der Waals surface area (Å²) in [6, 6.07) is 3.24. The van der Waals surface area contributed by atoms with Crippen molar-refractivity contribution in [3.05, 3.63) is 17.7 Å². The number of quaternary nitrogens is 1. The molecule has 0 radical (unpaired) electrons. The summed E-state index contributed by atoms with van der Waals surface area (Å²) in [5, 5.41) is 0. The van der Waals surface area contributed by atoms with Crippen LogP contribution in [0.2, 0.25) is 0 Å². The van der Waals surface area contributed by atoms with Gasteiger partial charge in [0.15, 0.2) is 11.5 Å². The minimum Gasteiger partial charge on any atom is -0.493 e. The molecule has 140 valence electrons. The van der Waals surface area contributed by atoms with Crippen molar-refractivity contribution in [3.8, 4) is 17.2 Å². The number of methoxy groups -OCH3 is 3. The van der Waals surface area contributed by atoms with Gasteiger partial charge in [-0.1, -0.05) is 0 Å². The molecular formula is C19H30NO5+. The standard InChI is InChI=1S/C19H30NO5/c1-5-20(9-7-6-8-10-20)11-12-25-19(21)15-13-16(22-2)18(24-4)17(14-15)23-3/h13-14H,5-12H2,1-4H3/q+1. The zero-order valence-electron chi connectivity index (χ0n) is 15.8. The molecular weight excluding hydrogens is 322 g/mol. The number of likely N-dealkylation sites (tertiary alicyclic amines) is 1. The molecule has 1 aliphatic heterocycles. The number of ether oxygens (including phenoxy) is 4. The number of likely N-dealkylation sites (N-methyl/N-ethyl adjacent to an activating group) is 1. The highest BCUT2D eigenvalue weighted by atomic mass is 16.5. The summed E-state index contributed by atoms with van der Waals surface area (Å²) in [5.74, 6) is 0.986. The first-order valence-electron chi connectivity index (χ1n) is 8.91. The van der Waals surface area contributed by atoms with Crippen molar-refractivity contribution in [2.45, 2.75) is 26.2 Å². The van der Waals surface area contributed by atoms with Crippen molar-refractivity contribution in [2.24, 2.45) is 0 Å². The minimum atomic E-state index is -0.370. The van der Waals surface area contributed by atoms with E-state index in [0.29, 0.717) is 29.4 Å². The summed E-state index contributed by atoms with van der Waals surface area (Å²) >= 11 is 0. The third-order valence-corrected chi connectivity index (χ3v) is 5.13. The second-order valence-electron chi connectivity index (χ2n) is 6.44. The van der Waals surface area contributed by atoms with E-state index in [1.165, 1.54) is 53.7 Å². The van der Waals surface area contributed by atoms with Crippen LogP contribution in [0.3, 0.4) is 0 Å². The van der Waals surface area contributed by atoms with Gasteiger partial charge in [-0.3, -0.25) is 0 Å². The summed E-state index contributed by atoms with van der Waals surface area (Å²) in [4.78, 5) is 12.4. The Morgan fingerprint density at radius 2 is 1.60 bits per heavy atom. The number of benzene rings is 1. The molecule has 2 rings (SSSR count). The van der Waals surface area contributed by atoms with E-state index in [1.807, 2.05) is 0 Å². The van der Waals surface area contributed by atoms with Crippen LogP contribution in [0.1, 0.15) is 36.5 Å². The molecule has 1 heterocycles. The van der Waals surface area contributed by atoms with E-state index < -0.39 is 0 Å². The Bertz CT molecular complexity index is 556. The van der Waals surface area contributed by atoms with Gasteiger partial charge in [-0.15, -0.1) is 0 Å². The molecule has 0 aromatic heterocycles. The van der Waals surface area contributed by atoms with Gasteiger partial charge < -0.3 is 23.4 Å². The maximum atomic E-state index is 12.4. The Balaban J connectivity index is 2.03. The lowest BCUT2D eigenvalue weighted by atomic mass is 10.1. The third kappa shape index (κ3) is 4.57. The monoisotopic (exact) mass is 352 g/mol. The van der Waals surface area contributed by atoms with Crippen LogP contribution >= 0.6 is 0 Å². The van der Waals surface area contributed by atoms with Crippen LogP contribution in [0.25, 0.3) is 0 Å². The first-order chi connectivity index (χ1) is 12.1. The minimum absolute atomic E-state index is 0.370. The number of piperidine rings is 1. The number of esters is 1. The van der Waals surface area contributed by atoms with Crippen LogP contribution in [-0.2, 0) is 4.74 Å². The number of nitrogens with zero attached hydrogens (tertiary/aromatic N) is 1. The molecule has 0 unspecified atom stereocenters. The summed E-state index contributed by atoms with van der Waals surface area (Å²) in [6.07, 6.45) is 3.83. The molecule has 1 saturated heterocycles. The topological polar surface area (TPSA) is 54.0 Å². The van der Waals surface area contributed by atoms with Gasteiger partial charge in [-0.25, -0.2) is 4.79 Å². The van der Waals surface area contributed by atoms with Gasteiger partial charge in [0.05, 0.1) is 46.5 Å². The quantitative estimate of drug-likeness (QED) is 0.532.